The van der Waals surface area contributed by atoms with Crippen molar-refractivity contribution in [2.45, 2.75) is 26.9 Å². The highest BCUT2D eigenvalue weighted by atomic mass is 15.3. The van der Waals surface area contributed by atoms with Crippen LogP contribution in [0.4, 0.5) is 0 Å². The highest BCUT2D eigenvalue weighted by molar-refractivity contribution is 5.44. The smallest absolute Gasteiger partial charge is 0.136 e. The topological polar surface area (TPSA) is 30.8 Å². The van der Waals surface area contributed by atoms with Gasteiger partial charge in [-0.3, -0.25) is 9.80 Å². The van der Waals surface area contributed by atoms with Crippen LogP contribution in [0.1, 0.15) is 22.5 Å². The minimum atomic E-state index is 1.03. The third-order valence-electron chi connectivity index (χ3n) is 6.74. The van der Waals surface area contributed by atoms with Crippen LogP contribution in [0.25, 0.3) is 5.82 Å². The zero-order valence-electron chi connectivity index (χ0n) is 18.6. The van der Waals surface area contributed by atoms with Gasteiger partial charge in [-0.25, -0.2) is 4.98 Å². The van der Waals surface area contributed by atoms with Gasteiger partial charge in [-0.1, -0.05) is 6.07 Å². The van der Waals surface area contributed by atoms with Gasteiger partial charge in [-0.2, -0.15) is 0 Å². The fourth-order valence-electron chi connectivity index (χ4n) is 4.67. The number of piperazine rings is 2. The Hall–Kier alpha value is -1.73. The highest BCUT2D eigenvalue weighted by Gasteiger charge is 2.25. The van der Waals surface area contributed by atoms with Crippen molar-refractivity contribution in [2.75, 3.05) is 66.5 Å². The second-order valence-corrected chi connectivity index (χ2v) is 8.81. The molecule has 0 aromatic carbocycles. The summed E-state index contributed by atoms with van der Waals surface area (Å²) in [6, 6.07) is 6.20. The Morgan fingerprint density at radius 3 is 1.62 bits per heavy atom. The Morgan fingerprint density at radius 1 is 0.724 bits per heavy atom. The average molecular weight is 397 g/mol. The number of hydrogen-bond acceptors (Lipinski definition) is 5. The van der Waals surface area contributed by atoms with E-state index in [1.54, 1.807) is 0 Å². The van der Waals surface area contributed by atoms with Gasteiger partial charge in [0.25, 0.3) is 0 Å². The van der Waals surface area contributed by atoms with E-state index < -0.39 is 0 Å². The molecule has 0 saturated carbocycles. The lowest BCUT2D eigenvalue weighted by molar-refractivity contribution is 0.141. The molecule has 0 N–H and O–H groups in total. The Morgan fingerprint density at radius 2 is 1.21 bits per heavy atom. The highest BCUT2D eigenvalue weighted by Crippen LogP contribution is 2.28. The molecule has 0 radical (unpaired) electrons. The maximum atomic E-state index is 4.66. The number of aromatic nitrogens is 2. The first-order chi connectivity index (χ1) is 14.0. The Kier molecular flexibility index (Phi) is 6.35. The van der Waals surface area contributed by atoms with Gasteiger partial charge in [0.1, 0.15) is 5.82 Å². The van der Waals surface area contributed by atoms with E-state index >= 15 is 0 Å². The molecule has 4 heterocycles. The van der Waals surface area contributed by atoms with Crippen LogP contribution in [0.15, 0.2) is 24.4 Å². The molecule has 0 unspecified atom stereocenters. The number of hydrogen-bond donors (Lipinski definition) is 0. The fraction of sp³-hybridized carbons (Fsp3) is 0.609. The summed E-state index contributed by atoms with van der Waals surface area (Å²) in [5.41, 5.74) is 5.72. The van der Waals surface area contributed by atoms with Gasteiger partial charge < -0.3 is 14.4 Å². The van der Waals surface area contributed by atoms with E-state index in [4.69, 9.17) is 0 Å². The summed E-state index contributed by atoms with van der Waals surface area (Å²) in [6.45, 7) is 15.9. The summed E-state index contributed by atoms with van der Waals surface area (Å²) in [5, 5.41) is 0. The zero-order valence-corrected chi connectivity index (χ0v) is 18.6. The van der Waals surface area contributed by atoms with Crippen LogP contribution in [-0.2, 0) is 13.1 Å². The Bertz CT molecular complexity index is 751. The molecule has 6 heteroatoms. The minimum absolute atomic E-state index is 1.03. The van der Waals surface area contributed by atoms with Crippen LogP contribution in [0, 0.1) is 13.8 Å². The van der Waals surface area contributed by atoms with Crippen LogP contribution in [0.5, 0.6) is 0 Å². The Labute approximate surface area is 175 Å². The predicted molar refractivity (Wildman–Crippen MR) is 119 cm³/mol. The van der Waals surface area contributed by atoms with Crippen molar-refractivity contribution in [2.24, 2.45) is 0 Å². The third-order valence-corrected chi connectivity index (χ3v) is 6.74. The lowest BCUT2D eigenvalue weighted by atomic mass is 10.1. The van der Waals surface area contributed by atoms with Crippen molar-refractivity contribution in [3.8, 4) is 5.82 Å². The number of nitrogens with zero attached hydrogens (tertiary/aromatic N) is 6. The summed E-state index contributed by atoms with van der Waals surface area (Å²) < 4.78 is 2.37. The molecular formula is C23H36N6. The molecule has 2 aromatic heterocycles. The van der Waals surface area contributed by atoms with E-state index in [-0.39, 0.29) is 0 Å². The van der Waals surface area contributed by atoms with Crippen molar-refractivity contribution in [3.05, 3.63) is 46.9 Å². The predicted octanol–water partition coefficient (Wildman–Crippen LogP) is 1.98. The van der Waals surface area contributed by atoms with E-state index in [2.05, 4.69) is 69.2 Å². The molecule has 29 heavy (non-hydrogen) atoms. The van der Waals surface area contributed by atoms with Crippen molar-refractivity contribution in [1.82, 2.24) is 29.2 Å². The maximum Gasteiger partial charge on any atom is 0.136 e. The molecule has 2 aliphatic heterocycles. The van der Waals surface area contributed by atoms with Crippen LogP contribution in [-0.4, -0.2) is 95.6 Å². The molecule has 6 nitrogen and oxygen atoms in total. The van der Waals surface area contributed by atoms with Gasteiger partial charge in [0, 0.05) is 83.0 Å². The van der Waals surface area contributed by atoms with E-state index in [1.807, 2.05) is 12.3 Å². The van der Waals surface area contributed by atoms with E-state index in [9.17, 15) is 0 Å². The monoisotopic (exact) mass is 396 g/mol. The molecule has 2 aliphatic rings. The van der Waals surface area contributed by atoms with Crippen LogP contribution in [0.2, 0.25) is 0 Å². The molecule has 2 aromatic rings. The molecular weight excluding hydrogens is 360 g/mol. The molecule has 0 atom stereocenters. The first kappa shape index (κ1) is 20.5. The third kappa shape index (κ3) is 4.56. The largest absolute Gasteiger partial charge is 0.304 e. The molecule has 4 rings (SSSR count). The molecule has 2 saturated heterocycles. The summed E-state index contributed by atoms with van der Waals surface area (Å²) >= 11 is 0. The molecule has 0 bridgehead atoms. The van der Waals surface area contributed by atoms with Gasteiger partial charge in [0.05, 0.1) is 0 Å². The van der Waals surface area contributed by atoms with E-state index in [1.165, 1.54) is 22.5 Å². The lowest BCUT2D eigenvalue weighted by Crippen LogP contribution is -2.45. The molecule has 158 valence electrons. The van der Waals surface area contributed by atoms with Crippen molar-refractivity contribution in [1.29, 1.82) is 0 Å². The zero-order chi connectivity index (χ0) is 20.4. The van der Waals surface area contributed by atoms with Crippen LogP contribution >= 0.6 is 0 Å². The van der Waals surface area contributed by atoms with E-state index in [0.29, 0.717) is 0 Å². The van der Waals surface area contributed by atoms with Crippen molar-refractivity contribution >= 4 is 0 Å². The van der Waals surface area contributed by atoms with Crippen LogP contribution in [0.3, 0.4) is 0 Å². The molecule has 2 fully saturated rings. The van der Waals surface area contributed by atoms with E-state index in [0.717, 1.165) is 71.3 Å². The number of rotatable bonds is 5. The lowest BCUT2D eigenvalue weighted by Gasteiger charge is -2.34. The first-order valence-electron chi connectivity index (χ1n) is 11.0. The van der Waals surface area contributed by atoms with Gasteiger partial charge in [0.2, 0.25) is 0 Å². The average Bonchev–Trinajstić information content (AvgIpc) is 2.96. The molecule has 0 aliphatic carbocycles. The summed E-state index contributed by atoms with van der Waals surface area (Å²) in [4.78, 5) is 14.8. The quantitative estimate of drug-likeness (QED) is 0.771. The fourth-order valence-corrected chi connectivity index (χ4v) is 4.67. The van der Waals surface area contributed by atoms with Gasteiger partial charge in [-0.05, 0) is 51.2 Å². The second-order valence-electron chi connectivity index (χ2n) is 8.81. The van der Waals surface area contributed by atoms with Crippen LogP contribution < -0.4 is 0 Å². The normalized spacial score (nSPS) is 20.4. The minimum Gasteiger partial charge on any atom is -0.304 e. The summed E-state index contributed by atoms with van der Waals surface area (Å²) in [7, 11) is 4.45. The number of likely N-dealkylation sites (N-methyl/N-ethyl adjacent to an activating group) is 2. The maximum absolute atomic E-state index is 4.66. The van der Waals surface area contributed by atoms with Gasteiger partial charge in [-0.15, -0.1) is 0 Å². The summed E-state index contributed by atoms with van der Waals surface area (Å²) in [5.74, 6) is 1.03. The van der Waals surface area contributed by atoms with Gasteiger partial charge in [0.15, 0.2) is 0 Å². The Balaban J connectivity index is 1.65. The number of pyridine rings is 1. The standard InChI is InChI=1S/C23H36N6/c1-19-21(17-27-13-9-25(3)10-14-27)22(18-28-15-11-26(4)12-16-28)20(2)29(19)23-7-5-6-8-24-23/h5-8H,9-18H2,1-4H3. The molecule has 0 amide bonds. The van der Waals surface area contributed by atoms with Gasteiger partial charge >= 0.3 is 0 Å². The van der Waals surface area contributed by atoms with Crippen molar-refractivity contribution < 1.29 is 0 Å². The molecule has 0 spiro atoms. The second kappa shape index (κ2) is 8.96. The SMILES string of the molecule is Cc1c(CN2CCN(C)CC2)c(CN2CCN(C)CC2)c(C)n1-c1ccccn1. The van der Waals surface area contributed by atoms with Crippen molar-refractivity contribution in [3.63, 3.8) is 0 Å². The first-order valence-corrected chi connectivity index (χ1v) is 11.0. The summed E-state index contributed by atoms with van der Waals surface area (Å²) in [6.07, 6.45) is 1.90.